The van der Waals surface area contributed by atoms with E-state index in [-0.39, 0.29) is 5.28 Å². The summed E-state index contributed by atoms with van der Waals surface area (Å²) in [5, 5.41) is 1.29. The molecule has 0 aliphatic rings. The van der Waals surface area contributed by atoms with Gasteiger partial charge < -0.3 is 0 Å². The summed E-state index contributed by atoms with van der Waals surface area (Å²) in [4.78, 5) is 8.48. The van der Waals surface area contributed by atoms with E-state index in [4.69, 9.17) is 21.1 Å². The zero-order valence-corrected chi connectivity index (χ0v) is 14.1. The Labute approximate surface area is 124 Å². The Balaban J connectivity index is 2.77. The van der Waals surface area contributed by atoms with Crippen LogP contribution >= 0.6 is 11.6 Å². The Kier molecular flexibility index (Phi) is 4.52. The molecule has 1 heterocycles. The number of nitrogens with zero attached hydrogens (tertiary/aromatic N) is 2. The molecule has 0 aliphatic carbocycles. The second kappa shape index (κ2) is 5.74. The standard InChI is InChI=1S/C10H9ClN2O2Se.Na/c1-14-7-3-5-6(4-8(7)15-2)12-10(11)13-9(5)16;/h3-4H,1-2H3,(H,12,13,16);/q;+1/p-1. The number of hydrogen-bond acceptors (Lipinski definition) is 4. The van der Waals surface area contributed by atoms with Crippen molar-refractivity contribution in [2.45, 2.75) is 0 Å². The molecule has 1 aromatic carbocycles. The third kappa shape index (κ3) is 2.70. The predicted octanol–water partition coefficient (Wildman–Crippen LogP) is 0.713. The number of ether oxygens (including phenoxy) is 2. The first-order chi connectivity index (χ1) is 8.19. The van der Waals surface area contributed by atoms with Gasteiger partial charge in [0.05, 0.1) is 0 Å². The van der Waals surface area contributed by atoms with Gasteiger partial charge in [0.2, 0.25) is 0 Å². The van der Waals surface area contributed by atoms with Crippen LogP contribution in [-0.2, 0) is 0 Å². The Morgan fingerprint density at radius 2 is 1.82 bits per heavy atom. The fourth-order valence-electron chi connectivity index (χ4n) is 1.56. The number of aromatic nitrogens is 2. The first-order valence-corrected chi connectivity index (χ1v) is 12.0. The fraction of sp³-hybridized carbons (Fsp3) is 0.200. The summed E-state index contributed by atoms with van der Waals surface area (Å²) in [6.07, 6.45) is 0. The summed E-state index contributed by atoms with van der Waals surface area (Å²) in [6.45, 7) is 0. The first-order valence-electron chi connectivity index (χ1n) is 4.83. The van der Waals surface area contributed by atoms with Gasteiger partial charge in [-0.1, -0.05) is 0 Å². The van der Waals surface area contributed by atoms with Gasteiger partial charge in [0, 0.05) is 0 Å². The second-order valence-electron chi connectivity index (χ2n) is 3.23. The maximum atomic E-state index is 5.90. The van der Waals surface area contributed by atoms with E-state index in [1.807, 2.05) is 12.1 Å². The van der Waals surface area contributed by atoms with Gasteiger partial charge in [0.15, 0.2) is 0 Å². The summed E-state index contributed by atoms with van der Waals surface area (Å²) < 4.78 is 11.5. The zero-order valence-electron chi connectivity index (χ0n) is 9.65. The molecule has 0 bridgehead atoms. The summed E-state index contributed by atoms with van der Waals surface area (Å²) >= 11 is 6.99. The number of rotatable bonds is 3. The molecule has 0 unspecified atom stereocenters. The minimum absolute atomic E-state index is 0.289. The summed E-state index contributed by atoms with van der Waals surface area (Å²) in [5.41, 5.74) is 0.801. The Bertz CT molecular complexity index is 567. The SMILES string of the molecule is COc1cc2nc(Cl)nc([Se][Na])c2cc1OC. The van der Waals surface area contributed by atoms with E-state index >= 15 is 0 Å². The molecular weight excluding hydrogens is 318 g/mol. The Morgan fingerprint density at radius 3 is 2.41 bits per heavy atom. The van der Waals surface area contributed by atoms with Crippen LogP contribution in [0.15, 0.2) is 12.1 Å². The molecule has 0 fully saturated rings. The van der Waals surface area contributed by atoms with Crippen molar-refractivity contribution >= 4 is 63.0 Å². The molecule has 0 spiro atoms. The molecule has 17 heavy (non-hydrogen) atoms. The van der Waals surface area contributed by atoms with Gasteiger partial charge >= 0.3 is 126 Å². The number of fused-ring (bicyclic) bond motifs is 1. The molecule has 0 N–H and O–H groups in total. The minimum atomic E-state index is 0.289. The number of methoxy groups -OCH3 is 2. The van der Waals surface area contributed by atoms with Crippen LogP contribution in [-0.4, -0.2) is 60.1 Å². The fourth-order valence-corrected chi connectivity index (χ4v) is 4.64. The molecule has 0 aliphatic heterocycles. The van der Waals surface area contributed by atoms with Gasteiger partial charge in [-0.3, -0.25) is 0 Å². The van der Waals surface area contributed by atoms with Crippen LogP contribution in [0.1, 0.15) is 0 Å². The molecule has 2 rings (SSSR count). The zero-order chi connectivity index (χ0) is 12.4. The van der Waals surface area contributed by atoms with Crippen molar-refractivity contribution in [1.82, 2.24) is 9.97 Å². The molecule has 7 heteroatoms. The van der Waals surface area contributed by atoms with Gasteiger partial charge in [-0.25, -0.2) is 0 Å². The van der Waals surface area contributed by atoms with Crippen molar-refractivity contribution in [2.24, 2.45) is 0 Å². The predicted molar refractivity (Wildman–Crippen MR) is 68.8 cm³/mol. The summed E-state index contributed by atoms with van der Waals surface area (Å²) in [6, 6.07) is 3.75. The van der Waals surface area contributed by atoms with E-state index in [2.05, 4.69) is 9.97 Å². The van der Waals surface area contributed by atoms with E-state index in [0.717, 1.165) is 40.9 Å². The van der Waals surface area contributed by atoms with Crippen LogP contribution in [0.4, 0.5) is 0 Å². The molecule has 0 radical (unpaired) electrons. The van der Waals surface area contributed by atoms with E-state index in [1.165, 1.54) is 0 Å². The van der Waals surface area contributed by atoms with E-state index < -0.39 is 0 Å². The van der Waals surface area contributed by atoms with Crippen molar-refractivity contribution in [3.05, 3.63) is 17.4 Å². The average Bonchev–Trinajstić information content (AvgIpc) is 2.35. The molecule has 0 amide bonds. The maximum absolute atomic E-state index is 5.90. The van der Waals surface area contributed by atoms with E-state index in [1.54, 1.807) is 14.2 Å². The number of hydrogen-bond donors (Lipinski definition) is 0. The van der Waals surface area contributed by atoms with E-state index in [9.17, 15) is 0 Å². The molecule has 0 atom stereocenters. The molecule has 2 aromatic rings. The Hall–Kier alpha value is -0.0305. The van der Waals surface area contributed by atoms with Crippen molar-refractivity contribution in [2.75, 3.05) is 14.2 Å². The second-order valence-corrected chi connectivity index (χ2v) is 7.35. The van der Waals surface area contributed by atoms with Gasteiger partial charge in [0.1, 0.15) is 0 Å². The van der Waals surface area contributed by atoms with Gasteiger partial charge in [-0.2, -0.15) is 0 Å². The molecule has 0 saturated carbocycles. The quantitative estimate of drug-likeness (QED) is 0.616. The average molecular weight is 326 g/mol. The van der Waals surface area contributed by atoms with Gasteiger partial charge in [-0.15, -0.1) is 0 Å². The number of benzene rings is 1. The van der Waals surface area contributed by atoms with Crippen LogP contribution in [0.3, 0.4) is 0 Å². The van der Waals surface area contributed by atoms with Crippen molar-refractivity contribution < 1.29 is 9.47 Å². The molecule has 84 valence electrons. The van der Waals surface area contributed by atoms with Crippen LogP contribution in [0, 0.1) is 0 Å². The molecule has 1 aromatic heterocycles. The summed E-state index contributed by atoms with van der Waals surface area (Å²) in [5.74, 6) is 1.35. The van der Waals surface area contributed by atoms with Gasteiger partial charge in [0.25, 0.3) is 0 Å². The third-order valence-corrected chi connectivity index (χ3v) is 5.97. The van der Waals surface area contributed by atoms with Crippen molar-refractivity contribution in [1.29, 1.82) is 0 Å². The third-order valence-electron chi connectivity index (χ3n) is 2.33. The van der Waals surface area contributed by atoms with Crippen LogP contribution in [0.2, 0.25) is 5.28 Å². The molecule has 4 nitrogen and oxygen atoms in total. The summed E-state index contributed by atoms with van der Waals surface area (Å²) in [7, 11) is 3.60. The van der Waals surface area contributed by atoms with Crippen molar-refractivity contribution in [3.63, 3.8) is 0 Å². The molecular formula is C10H8ClN2NaO2Se. The first kappa shape index (κ1) is 13.4. The molecule has 0 saturated heterocycles. The van der Waals surface area contributed by atoms with Gasteiger partial charge in [-0.05, 0) is 0 Å². The monoisotopic (exact) mass is 326 g/mol. The number of halogens is 1. The van der Waals surface area contributed by atoms with Crippen molar-refractivity contribution in [3.8, 4) is 11.5 Å². The Morgan fingerprint density at radius 1 is 1.18 bits per heavy atom. The van der Waals surface area contributed by atoms with Crippen LogP contribution in [0.25, 0.3) is 10.9 Å². The van der Waals surface area contributed by atoms with Crippen LogP contribution < -0.4 is 14.1 Å². The van der Waals surface area contributed by atoms with E-state index in [0.29, 0.717) is 22.0 Å². The normalized spacial score (nSPS) is 10.6. The topological polar surface area (TPSA) is 44.2 Å². The van der Waals surface area contributed by atoms with Crippen LogP contribution in [0.5, 0.6) is 11.5 Å².